The van der Waals surface area contributed by atoms with Crippen molar-refractivity contribution in [1.29, 1.82) is 0 Å². The molecule has 0 aromatic carbocycles. The number of rotatable bonds is 4. The molecule has 16 heavy (non-hydrogen) atoms. The van der Waals surface area contributed by atoms with Gasteiger partial charge in [0.15, 0.2) is 0 Å². The molecule has 1 aromatic heterocycles. The highest BCUT2D eigenvalue weighted by atomic mass is 19.3. The normalized spacial score (nSPS) is 12.9. The Bertz CT molecular complexity index is 369. The van der Waals surface area contributed by atoms with Gasteiger partial charge in [0.25, 0.3) is 18.6 Å². The van der Waals surface area contributed by atoms with Gasteiger partial charge in [-0.2, -0.15) is 5.10 Å². The van der Waals surface area contributed by atoms with Crippen LogP contribution in [0.4, 0.5) is 13.2 Å². The van der Waals surface area contributed by atoms with Gasteiger partial charge >= 0.3 is 0 Å². The fourth-order valence-electron chi connectivity index (χ4n) is 0.964. The minimum absolute atomic E-state index is 0.0346. The summed E-state index contributed by atoms with van der Waals surface area (Å²) in [5.41, 5.74) is -0.0346. The predicted octanol–water partition coefficient (Wildman–Crippen LogP) is 1.25. The number of hydrogen-bond donors (Lipinski definition) is 0. The first-order valence-electron chi connectivity index (χ1n) is 4.26. The monoisotopic (exact) mass is 237 g/mol. The fourth-order valence-corrected chi connectivity index (χ4v) is 0.964. The van der Waals surface area contributed by atoms with Gasteiger partial charge in [0.05, 0.1) is 18.9 Å². The van der Waals surface area contributed by atoms with E-state index in [4.69, 9.17) is 0 Å². The number of carbonyl (C=O) groups excluding carboxylic acids is 1. The Labute approximate surface area is 89.3 Å². The third-order valence-corrected chi connectivity index (χ3v) is 1.87. The van der Waals surface area contributed by atoms with Crippen LogP contribution in [0.15, 0.2) is 12.4 Å². The van der Waals surface area contributed by atoms with Crippen LogP contribution >= 0.6 is 0 Å². The summed E-state index contributed by atoms with van der Waals surface area (Å²) in [5.74, 6) is -0.602. The lowest BCUT2D eigenvalue weighted by molar-refractivity contribution is -0.0757. The molecule has 5 nitrogen and oxygen atoms in total. The molecule has 0 aliphatic carbocycles. The van der Waals surface area contributed by atoms with Gasteiger partial charge in [-0.1, -0.05) is 0 Å². The van der Waals surface area contributed by atoms with E-state index in [-0.39, 0.29) is 5.56 Å². The molecule has 0 saturated carbocycles. The zero-order valence-electron chi connectivity index (χ0n) is 8.60. The highest BCUT2D eigenvalue weighted by Gasteiger charge is 2.23. The Balaban J connectivity index is 2.83. The number of aromatic nitrogens is 2. The van der Waals surface area contributed by atoms with Crippen molar-refractivity contribution in [1.82, 2.24) is 14.8 Å². The van der Waals surface area contributed by atoms with Gasteiger partial charge in [-0.25, -0.2) is 22.9 Å². The van der Waals surface area contributed by atoms with E-state index in [2.05, 4.69) is 9.94 Å². The molecule has 8 heteroatoms. The molecular formula is C8H10F3N3O2. The standard InChI is InChI=1S/C8H10F3N3O2/c1-13(16-2)8(15)5-3-12-14(4-5)7(11)6(9)10/h3-4,6-7H,1-2H3. The molecule has 1 amide bonds. The summed E-state index contributed by atoms with van der Waals surface area (Å²) >= 11 is 0. The largest absolute Gasteiger partial charge is 0.289 e. The van der Waals surface area contributed by atoms with Gasteiger partial charge < -0.3 is 0 Å². The lowest BCUT2D eigenvalue weighted by atomic mass is 10.3. The Kier molecular flexibility index (Phi) is 3.88. The van der Waals surface area contributed by atoms with Crippen LogP contribution in [0.1, 0.15) is 16.7 Å². The first-order valence-corrected chi connectivity index (χ1v) is 4.26. The summed E-state index contributed by atoms with van der Waals surface area (Å²) in [4.78, 5) is 16.0. The van der Waals surface area contributed by atoms with Crippen molar-refractivity contribution < 1.29 is 22.8 Å². The minimum atomic E-state index is -3.19. The second-order valence-corrected chi connectivity index (χ2v) is 2.90. The van der Waals surface area contributed by atoms with Crippen molar-refractivity contribution in [2.75, 3.05) is 14.2 Å². The van der Waals surface area contributed by atoms with Crippen molar-refractivity contribution in [3.63, 3.8) is 0 Å². The number of alkyl halides is 3. The Hall–Kier alpha value is -1.57. The van der Waals surface area contributed by atoms with Gasteiger partial charge in [0.2, 0.25) is 0 Å². The Morgan fingerprint density at radius 2 is 2.19 bits per heavy atom. The van der Waals surface area contributed by atoms with Crippen molar-refractivity contribution in [2.24, 2.45) is 0 Å². The van der Waals surface area contributed by atoms with E-state index in [0.29, 0.717) is 4.68 Å². The van der Waals surface area contributed by atoms with Crippen LogP contribution in [0.2, 0.25) is 0 Å². The van der Waals surface area contributed by atoms with E-state index in [9.17, 15) is 18.0 Å². The highest BCUT2D eigenvalue weighted by molar-refractivity contribution is 5.92. The smallest absolute Gasteiger partial charge is 0.274 e. The van der Waals surface area contributed by atoms with Gasteiger partial charge in [-0.3, -0.25) is 9.63 Å². The number of carbonyl (C=O) groups is 1. The van der Waals surface area contributed by atoms with Gasteiger partial charge in [-0.05, 0) is 0 Å². The third-order valence-electron chi connectivity index (χ3n) is 1.87. The molecule has 0 aliphatic rings. The Morgan fingerprint density at radius 3 is 2.69 bits per heavy atom. The molecule has 90 valence electrons. The second kappa shape index (κ2) is 4.97. The maximum Gasteiger partial charge on any atom is 0.289 e. The summed E-state index contributed by atoms with van der Waals surface area (Å²) in [6, 6.07) is 0. The SMILES string of the molecule is CON(C)C(=O)c1cnn(C(F)C(F)F)c1. The zero-order chi connectivity index (χ0) is 12.3. The molecular weight excluding hydrogens is 227 g/mol. The van der Waals surface area contributed by atoms with Crippen molar-refractivity contribution >= 4 is 5.91 Å². The van der Waals surface area contributed by atoms with Crippen LogP contribution in [-0.4, -0.2) is 41.3 Å². The predicted molar refractivity (Wildman–Crippen MR) is 47.5 cm³/mol. The van der Waals surface area contributed by atoms with Crippen molar-refractivity contribution in [2.45, 2.75) is 12.7 Å². The quantitative estimate of drug-likeness (QED) is 0.740. The maximum atomic E-state index is 12.8. The summed E-state index contributed by atoms with van der Waals surface area (Å²) in [6.07, 6.45) is -3.86. The average molecular weight is 237 g/mol. The number of halogens is 3. The van der Waals surface area contributed by atoms with E-state index in [1.54, 1.807) is 0 Å². The lowest BCUT2D eigenvalue weighted by Crippen LogP contribution is -2.25. The zero-order valence-corrected chi connectivity index (χ0v) is 8.60. The van der Waals surface area contributed by atoms with Gasteiger partial charge in [-0.15, -0.1) is 0 Å². The molecule has 1 rings (SSSR count). The molecule has 0 radical (unpaired) electrons. The number of hydroxylamine groups is 2. The second-order valence-electron chi connectivity index (χ2n) is 2.90. The first-order chi connectivity index (χ1) is 7.47. The van der Waals surface area contributed by atoms with Gasteiger partial charge in [0, 0.05) is 13.2 Å². The molecule has 1 unspecified atom stereocenters. The fraction of sp³-hybridized carbons (Fsp3) is 0.500. The van der Waals surface area contributed by atoms with E-state index < -0.39 is 18.6 Å². The van der Waals surface area contributed by atoms with Crippen LogP contribution in [0.5, 0.6) is 0 Å². The molecule has 1 heterocycles. The van der Waals surface area contributed by atoms with Gasteiger partial charge in [0.1, 0.15) is 0 Å². The Morgan fingerprint density at radius 1 is 1.56 bits per heavy atom. The van der Waals surface area contributed by atoms with Crippen molar-refractivity contribution in [3.8, 4) is 0 Å². The van der Waals surface area contributed by atoms with E-state index in [1.165, 1.54) is 14.2 Å². The molecule has 0 N–H and O–H groups in total. The lowest BCUT2D eigenvalue weighted by Gasteiger charge is -2.11. The number of hydrogen-bond acceptors (Lipinski definition) is 3. The van der Waals surface area contributed by atoms with Crippen LogP contribution < -0.4 is 0 Å². The molecule has 0 spiro atoms. The van der Waals surface area contributed by atoms with Crippen LogP contribution in [0, 0.1) is 0 Å². The van der Waals surface area contributed by atoms with E-state index in [0.717, 1.165) is 17.5 Å². The van der Waals surface area contributed by atoms with Crippen LogP contribution in [0.25, 0.3) is 0 Å². The highest BCUT2D eigenvalue weighted by Crippen LogP contribution is 2.17. The number of amides is 1. The molecule has 1 atom stereocenters. The van der Waals surface area contributed by atoms with Crippen LogP contribution in [-0.2, 0) is 4.84 Å². The molecule has 0 fully saturated rings. The minimum Gasteiger partial charge on any atom is -0.274 e. The molecule has 0 aliphatic heterocycles. The molecule has 0 bridgehead atoms. The van der Waals surface area contributed by atoms with E-state index >= 15 is 0 Å². The maximum absolute atomic E-state index is 12.8. The molecule has 0 saturated heterocycles. The van der Waals surface area contributed by atoms with Crippen molar-refractivity contribution in [3.05, 3.63) is 18.0 Å². The summed E-state index contributed by atoms with van der Waals surface area (Å²) < 4.78 is 37.2. The molecule has 1 aromatic rings. The topological polar surface area (TPSA) is 47.4 Å². The third kappa shape index (κ3) is 2.51. The summed E-state index contributed by atoms with van der Waals surface area (Å²) in [6.45, 7) is 0. The number of nitrogens with zero attached hydrogens (tertiary/aromatic N) is 3. The first kappa shape index (κ1) is 12.5. The summed E-state index contributed by atoms with van der Waals surface area (Å²) in [5, 5.41) is 4.21. The average Bonchev–Trinajstić information content (AvgIpc) is 2.74. The summed E-state index contributed by atoms with van der Waals surface area (Å²) in [7, 11) is 2.60. The van der Waals surface area contributed by atoms with E-state index in [1.807, 2.05) is 0 Å². The van der Waals surface area contributed by atoms with Crippen LogP contribution in [0.3, 0.4) is 0 Å².